The number of carboxylic acid groups (broad SMARTS) is 1. The van der Waals surface area contributed by atoms with Gasteiger partial charge >= 0.3 is 5.97 Å². The summed E-state index contributed by atoms with van der Waals surface area (Å²) in [5, 5.41) is 18.5. The maximum atomic E-state index is 10.6. The Balaban J connectivity index is 3.65. The second-order valence-electron chi connectivity index (χ2n) is 8.54. The topological polar surface area (TPSA) is 57.5 Å². The standard InChI is InChI=1S/C21H42O3/c1-16(2)9-6-10-17(3)11-7-12-18(4)13-8-14-19(5)20(22)15-21(23)24/h16-20,22H,6-15H2,1-5H3,(H,23,24)/t17-,18-,19-,20-/m1/s1. The summed E-state index contributed by atoms with van der Waals surface area (Å²) in [6.45, 7) is 11.3. The van der Waals surface area contributed by atoms with Gasteiger partial charge in [0.05, 0.1) is 12.5 Å². The van der Waals surface area contributed by atoms with E-state index in [0.29, 0.717) is 0 Å². The minimum absolute atomic E-state index is 0.0780. The molecule has 3 heteroatoms. The summed E-state index contributed by atoms with van der Waals surface area (Å²) >= 11 is 0. The molecule has 0 spiro atoms. The van der Waals surface area contributed by atoms with Crippen LogP contribution in [-0.2, 0) is 4.79 Å². The fourth-order valence-electron chi connectivity index (χ4n) is 3.34. The highest BCUT2D eigenvalue weighted by Crippen LogP contribution is 2.23. The molecule has 0 saturated carbocycles. The summed E-state index contributed by atoms with van der Waals surface area (Å²) in [5.74, 6) is 1.58. The molecule has 0 rings (SSSR count). The SMILES string of the molecule is CC(C)CCC[C@@H](C)CCC[C@@H](C)CCC[C@@H](C)[C@H](O)CC(=O)O. The van der Waals surface area contributed by atoms with E-state index in [-0.39, 0.29) is 12.3 Å². The first-order valence-electron chi connectivity index (χ1n) is 10.1. The van der Waals surface area contributed by atoms with Gasteiger partial charge < -0.3 is 10.2 Å². The molecule has 0 amide bonds. The predicted octanol–water partition coefficient (Wildman–Crippen LogP) is 5.90. The van der Waals surface area contributed by atoms with E-state index >= 15 is 0 Å². The second-order valence-corrected chi connectivity index (χ2v) is 8.54. The Labute approximate surface area is 150 Å². The van der Waals surface area contributed by atoms with E-state index in [9.17, 15) is 9.90 Å². The van der Waals surface area contributed by atoms with Gasteiger partial charge in [0.1, 0.15) is 0 Å². The van der Waals surface area contributed by atoms with E-state index in [1.807, 2.05) is 6.92 Å². The van der Waals surface area contributed by atoms with Crippen LogP contribution in [0.2, 0.25) is 0 Å². The third-order valence-electron chi connectivity index (χ3n) is 5.27. The largest absolute Gasteiger partial charge is 0.481 e. The van der Waals surface area contributed by atoms with Crippen molar-refractivity contribution in [1.82, 2.24) is 0 Å². The number of hydrogen-bond acceptors (Lipinski definition) is 2. The lowest BCUT2D eigenvalue weighted by atomic mass is 9.90. The summed E-state index contributed by atoms with van der Waals surface area (Å²) in [6.07, 6.45) is 10.4. The zero-order chi connectivity index (χ0) is 18.5. The van der Waals surface area contributed by atoms with Crippen LogP contribution in [0, 0.1) is 23.7 Å². The van der Waals surface area contributed by atoms with Gasteiger partial charge in [-0.15, -0.1) is 0 Å². The number of aliphatic hydroxyl groups excluding tert-OH is 1. The molecule has 0 heterocycles. The third kappa shape index (κ3) is 13.8. The zero-order valence-corrected chi connectivity index (χ0v) is 16.8. The molecule has 0 bridgehead atoms. The molecule has 2 N–H and O–H groups in total. The van der Waals surface area contributed by atoms with Gasteiger partial charge in [0.2, 0.25) is 0 Å². The van der Waals surface area contributed by atoms with Crippen molar-refractivity contribution in [3.63, 3.8) is 0 Å². The molecule has 24 heavy (non-hydrogen) atoms. The fourth-order valence-corrected chi connectivity index (χ4v) is 3.34. The number of aliphatic hydroxyl groups is 1. The molecule has 0 aromatic rings. The Morgan fingerprint density at radius 1 is 0.750 bits per heavy atom. The Morgan fingerprint density at radius 2 is 1.17 bits per heavy atom. The lowest BCUT2D eigenvalue weighted by Crippen LogP contribution is -2.21. The van der Waals surface area contributed by atoms with Crippen LogP contribution >= 0.6 is 0 Å². The normalized spacial score (nSPS) is 16.8. The van der Waals surface area contributed by atoms with E-state index in [0.717, 1.165) is 30.6 Å². The van der Waals surface area contributed by atoms with Crippen LogP contribution in [0.1, 0.15) is 98.8 Å². The van der Waals surface area contributed by atoms with Gasteiger partial charge in [-0.25, -0.2) is 0 Å². The highest BCUT2D eigenvalue weighted by atomic mass is 16.4. The van der Waals surface area contributed by atoms with E-state index < -0.39 is 12.1 Å². The van der Waals surface area contributed by atoms with E-state index in [4.69, 9.17) is 5.11 Å². The average Bonchev–Trinajstić information content (AvgIpc) is 2.45. The average molecular weight is 343 g/mol. The molecule has 4 atom stereocenters. The molecule has 0 aliphatic heterocycles. The number of hydrogen-bond donors (Lipinski definition) is 2. The molecule has 0 unspecified atom stereocenters. The number of aliphatic carboxylic acids is 1. The van der Waals surface area contributed by atoms with E-state index in [1.54, 1.807) is 0 Å². The summed E-state index contributed by atoms with van der Waals surface area (Å²) in [6, 6.07) is 0. The number of carboxylic acids is 1. The van der Waals surface area contributed by atoms with Gasteiger partial charge in [-0.05, 0) is 30.1 Å². The van der Waals surface area contributed by atoms with Crippen LogP contribution in [0.5, 0.6) is 0 Å². The quantitative estimate of drug-likeness (QED) is 0.390. The highest BCUT2D eigenvalue weighted by Gasteiger charge is 2.17. The first-order chi connectivity index (χ1) is 11.2. The minimum Gasteiger partial charge on any atom is -0.481 e. The van der Waals surface area contributed by atoms with Crippen molar-refractivity contribution >= 4 is 5.97 Å². The first-order valence-corrected chi connectivity index (χ1v) is 10.1. The first kappa shape index (κ1) is 23.4. The van der Waals surface area contributed by atoms with Crippen LogP contribution in [0.3, 0.4) is 0 Å². The van der Waals surface area contributed by atoms with Gasteiger partial charge in [0, 0.05) is 0 Å². The Bertz CT molecular complexity index is 314. The van der Waals surface area contributed by atoms with Crippen molar-refractivity contribution in [1.29, 1.82) is 0 Å². The zero-order valence-electron chi connectivity index (χ0n) is 16.8. The summed E-state index contributed by atoms with van der Waals surface area (Å²) in [5.41, 5.74) is 0. The molecule has 0 saturated heterocycles. The van der Waals surface area contributed by atoms with Gasteiger partial charge in [0.25, 0.3) is 0 Å². The summed E-state index contributed by atoms with van der Waals surface area (Å²) in [7, 11) is 0. The van der Waals surface area contributed by atoms with Gasteiger partial charge in [-0.1, -0.05) is 86.0 Å². The Hall–Kier alpha value is -0.570. The fraction of sp³-hybridized carbons (Fsp3) is 0.952. The highest BCUT2D eigenvalue weighted by molar-refractivity contribution is 5.67. The van der Waals surface area contributed by atoms with Crippen molar-refractivity contribution in [3.8, 4) is 0 Å². The van der Waals surface area contributed by atoms with Crippen molar-refractivity contribution in [2.75, 3.05) is 0 Å². The molecule has 0 aromatic heterocycles. The maximum Gasteiger partial charge on any atom is 0.305 e. The lowest BCUT2D eigenvalue weighted by molar-refractivity contribution is -0.139. The second kappa shape index (κ2) is 13.7. The smallest absolute Gasteiger partial charge is 0.305 e. The van der Waals surface area contributed by atoms with E-state index in [2.05, 4.69) is 27.7 Å². The molecule has 144 valence electrons. The molecule has 3 nitrogen and oxygen atoms in total. The van der Waals surface area contributed by atoms with Gasteiger partial charge in [-0.2, -0.15) is 0 Å². The Morgan fingerprint density at radius 3 is 1.58 bits per heavy atom. The van der Waals surface area contributed by atoms with Crippen molar-refractivity contribution in [2.45, 2.75) is 105 Å². The molecular formula is C21H42O3. The molecule has 0 radical (unpaired) electrons. The van der Waals surface area contributed by atoms with Crippen molar-refractivity contribution in [3.05, 3.63) is 0 Å². The lowest BCUT2D eigenvalue weighted by Gasteiger charge is -2.18. The van der Waals surface area contributed by atoms with Crippen LogP contribution in [0.4, 0.5) is 0 Å². The molecular weight excluding hydrogens is 300 g/mol. The van der Waals surface area contributed by atoms with Crippen LogP contribution in [0.25, 0.3) is 0 Å². The Kier molecular flexibility index (Phi) is 13.4. The molecule has 0 fully saturated rings. The minimum atomic E-state index is -0.912. The van der Waals surface area contributed by atoms with Crippen molar-refractivity contribution < 1.29 is 15.0 Å². The van der Waals surface area contributed by atoms with Crippen molar-refractivity contribution in [2.24, 2.45) is 23.7 Å². The van der Waals surface area contributed by atoms with E-state index in [1.165, 1.54) is 44.9 Å². The van der Waals surface area contributed by atoms with Crippen LogP contribution in [-0.4, -0.2) is 22.3 Å². The number of rotatable bonds is 15. The monoisotopic (exact) mass is 342 g/mol. The predicted molar refractivity (Wildman–Crippen MR) is 102 cm³/mol. The summed E-state index contributed by atoms with van der Waals surface area (Å²) < 4.78 is 0. The van der Waals surface area contributed by atoms with Gasteiger partial charge in [-0.3, -0.25) is 4.79 Å². The molecule has 0 aliphatic carbocycles. The molecule has 0 aromatic carbocycles. The summed E-state index contributed by atoms with van der Waals surface area (Å²) in [4.78, 5) is 10.6. The number of carbonyl (C=O) groups is 1. The maximum absolute atomic E-state index is 10.6. The van der Waals surface area contributed by atoms with Gasteiger partial charge in [0.15, 0.2) is 0 Å². The third-order valence-corrected chi connectivity index (χ3v) is 5.27. The van der Waals surface area contributed by atoms with Crippen LogP contribution in [0.15, 0.2) is 0 Å². The molecule has 0 aliphatic rings. The van der Waals surface area contributed by atoms with Crippen LogP contribution < -0.4 is 0 Å².